The number of hydrogen-bond acceptors (Lipinski definition) is 2. The van der Waals surface area contributed by atoms with E-state index in [1.165, 1.54) is 6.07 Å². The Morgan fingerprint density at radius 2 is 1.84 bits per heavy atom. The third kappa shape index (κ3) is 2.62. The average molecular weight is 261 g/mol. The summed E-state index contributed by atoms with van der Waals surface area (Å²) in [6, 6.07) is 7.72. The van der Waals surface area contributed by atoms with Crippen LogP contribution in [0.5, 0.6) is 0 Å². The molecule has 0 aliphatic heterocycles. The standard InChI is InChI=1S/C15H13F2NO/c1-9-3-6-13(10(2)7-9)18-15-11(8-19)4-5-12(16)14(15)17/h3-8,18H,1-2H3. The molecule has 0 bridgehead atoms. The minimum atomic E-state index is -1.05. The lowest BCUT2D eigenvalue weighted by atomic mass is 10.1. The van der Waals surface area contributed by atoms with E-state index in [0.29, 0.717) is 12.0 Å². The molecule has 4 heteroatoms. The second kappa shape index (κ2) is 5.18. The number of halogens is 2. The molecular weight excluding hydrogens is 248 g/mol. The number of aryl methyl sites for hydroxylation is 2. The Bertz CT molecular complexity index is 638. The fourth-order valence-corrected chi connectivity index (χ4v) is 1.88. The maximum atomic E-state index is 13.7. The molecule has 19 heavy (non-hydrogen) atoms. The highest BCUT2D eigenvalue weighted by Gasteiger charge is 2.14. The van der Waals surface area contributed by atoms with Crippen molar-refractivity contribution in [2.75, 3.05) is 5.32 Å². The summed E-state index contributed by atoms with van der Waals surface area (Å²) in [5.74, 6) is -2.04. The summed E-state index contributed by atoms with van der Waals surface area (Å²) in [6.45, 7) is 3.80. The maximum absolute atomic E-state index is 13.7. The highest BCUT2D eigenvalue weighted by Crippen LogP contribution is 2.27. The zero-order chi connectivity index (χ0) is 14.0. The van der Waals surface area contributed by atoms with Gasteiger partial charge in [0.15, 0.2) is 17.9 Å². The molecule has 0 heterocycles. The molecule has 0 spiro atoms. The predicted molar refractivity (Wildman–Crippen MR) is 70.9 cm³/mol. The lowest BCUT2D eigenvalue weighted by molar-refractivity contribution is 0.112. The first-order valence-corrected chi connectivity index (χ1v) is 5.80. The number of aldehydes is 1. The van der Waals surface area contributed by atoms with E-state index in [4.69, 9.17) is 0 Å². The fraction of sp³-hybridized carbons (Fsp3) is 0.133. The molecular formula is C15H13F2NO. The molecule has 0 amide bonds. The lowest BCUT2D eigenvalue weighted by Crippen LogP contribution is -2.02. The monoisotopic (exact) mass is 261 g/mol. The second-order valence-electron chi connectivity index (χ2n) is 4.39. The summed E-state index contributed by atoms with van der Waals surface area (Å²) in [4.78, 5) is 10.9. The largest absolute Gasteiger partial charge is 0.352 e. The summed E-state index contributed by atoms with van der Waals surface area (Å²) in [5.41, 5.74) is 2.54. The van der Waals surface area contributed by atoms with Crippen molar-refractivity contribution in [2.24, 2.45) is 0 Å². The summed E-state index contributed by atoms with van der Waals surface area (Å²) >= 11 is 0. The number of rotatable bonds is 3. The van der Waals surface area contributed by atoms with Crippen LogP contribution in [0.2, 0.25) is 0 Å². The van der Waals surface area contributed by atoms with Crippen molar-refractivity contribution in [1.82, 2.24) is 0 Å². The average Bonchev–Trinajstić information content (AvgIpc) is 2.38. The van der Waals surface area contributed by atoms with E-state index in [9.17, 15) is 13.6 Å². The SMILES string of the molecule is Cc1ccc(Nc2c(C=O)ccc(F)c2F)c(C)c1. The van der Waals surface area contributed by atoms with Gasteiger partial charge < -0.3 is 5.32 Å². The Morgan fingerprint density at radius 1 is 1.11 bits per heavy atom. The number of anilines is 2. The van der Waals surface area contributed by atoms with Gasteiger partial charge in [-0.25, -0.2) is 8.78 Å². The van der Waals surface area contributed by atoms with Crippen molar-refractivity contribution >= 4 is 17.7 Å². The molecule has 0 fully saturated rings. The van der Waals surface area contributed by atoms with Crippen LogP contribution in [-0.4, -0.2) is 6.29 Å². The molecule has 2 aromatic rings. The molecule has 0 aliphatic carbocycles. The van der Waals surface area contributed by atoms with E-state index in [2.05, 4.69) is 5.32 Å². The highest BCUT2D eigenvalue weighted by molar-refractivity contribution is 5.86. The molecule has 0 saturated heterocycles. The Kier molecular flexibility index (Phi) is 3.60. The summed E-state index contributed by atoms with van der Waals surface area (Å²) in [6.07, 6.45) is 0.494. The van der Waals surface area contributed by atoms with E-state index in [1.807, 2.05) is 26.0 Å². The Balaban J connectivity index is 2.48. The number of carbonyl (C=O) groups excluding carboxylic acids is 1. The van der Waals surface area contributed by atoms with Gasteiger partial charge in [-0.15, -0.1) is 0 Å². The Hall–Kier alpha value is -2.23. The van der Waals surface area contributed by atoms with Crippen LogP contribution in [0.4, 0.5) is 20.2 Å². The van der Waals surface area contributed by atoms with E-state index in [0.717, 1.165) is 17.2 Å². The molecule has 98 valence electrons. The van der Waals surface area contributed by atoms with Crippen LogP contribution in [0.15, 0.2) is 30.3 Å². The second-order valence-corrected chi connectivity index (χ2v) is 4.39. The van der Waals surface area contributed by atoms with Crippen LogP contribution in [-0.2, 0) is 0 Å². The molecule has 2 nitrogen and oxygen atoms in total. The fourth-order valence-electron chi connectivity index (χ4n) is 1.88. The number of hydrogen-bond donors (Lipinski definition) is 1. The smallest absolute Gasteiger partial charge is 0.182 e. The third-order valence-electron chi connectivity index (χ3n) is 2.90. The van der Waals surface area contributed by atoms with Gasteiger partial charge in [-0.2, -0.15) is 0 Å². The molecule has 1 N–H and O–H groups in total. The first kappa shape index (κ1) is 13.2. The molecule has 2 aromatic carbocycles. The lowest BCUT2D eigenvalue weighted by Gasteiger charge is -2.13. The number of benzene rings is 2. The van der Waals surface area contributed by atoms with Crippen LogP contribution >= 0.6 is 0 Å². The van der Waals surface area contributed by atoms with Gasteiger partial charge >= 0.3 is 0 Å². The van der Waals surface area contributed by atoms with E-state index in [1.54, 1.807) is 6.07 Å². The Morgan fingerprint density at radius 3 is 2.47 bits per heavy atom. The minimum Gasteiger partial charge on any atom is -0.352 e. The minimum absolute atomic E-state index is 0.0823. The van der Waals surface area contributed by atoms with Gasteiger partial charge in [-0.3, -0.25) is 4.79 Å². The van der Waals surface area contributed by atoms with Gasteiger partial charge in [0.1, 0.15) is 0 Å². The van der Waals surface area contributed by atoms with Crippen molar-refractivity contribution in [3.05, 3.63) is 58.7 Å². The predicted octanol–water partition coefficient (Wildman–Crippen LogP) is 4.14. The number of carbonyl (C=O) groups is 1. The Labute approximate surface area is 110 Å². The normalized spacial score (nSPS) is 10.3. The topological polar surface area (TPSA) is 29.1 Å². The van der Waals surface area contributed by atoms with Crippen LogP contribution in [0.3, 0.4) is 0 Å². The van der Waals surface area contributed by atoms with Crippen molar-refractivity contribution in [3.8, 4) is 0 Å². The van der Waals surface area contributed by atoms with Crippen molar-refractivity contribution in [1.29, 1.82) is 0 Å². The van der Waals surface area contributed by atoms with Crippen LogP contribution in [0.1, 0.15) is 21.5 Å². The highest BCUT2D eigenvalue weighted by atomic mass is 19.2. The molecule has 0 unspecified atom stereocenters. The van der Waals surface area contributed by atoms with Crippen molar-refractivity contribution < 1.29 is 13.6 Å². The van der Waals surface area contributed by atoms with Gasteiger partial charge in [0.05, 0.1) is 5.69 Å². The maximum Gasteiger partial charge on any atom is 0.182 e. The summed E-state index contributed by atoms with van der Waals surface area (Å²) in [5, 5.41) is 2.78. The van der Waals surface area contributed by atoms with Gasteiger partial charge in [0, 0.05) is 11.3 Å². The summed E-state index contributed by atoms with van der Waals surface area (Å²) < 4.78 is 27.0. The van der Waals surface area contributed by atoms with Crippen LogP contribution < -0.4 is 5.32 Å². The van der Waals surface area contributed by atoms with E-state index >= 15 is 0 Å². The first-order chi connectivity index (χ1) is 9.02. The van der Waals surface area contributed by atoms with Crippen LogP contribution in [0.25, 0.3) is 0 Å². The van der Waals surface area contributed by atoms with Crippen molar-refractivity contribution in [3.63, 3.8) is 0 Å². The van der Waals surface area contributed by atoms with Crippen LogP contribution in [0, 0.1) is 25.5 Å². The van der Waals surface area contributed by atoms with E-state index < -0.39 is 11.6 Å². The molecule has 0 radical (unpaired) electrons. The molecule has 0 aliphatic rings. The van der Waals surface area contributed by atoms with E-state index in [-0.39, 0.29) is 11.3 Å². The zero-order valence-electron chi connectivity index (χ0n) is 10.6. The van der Waals surface area contributed by atoms with Crippen molar-refractivity contribution in [2.45, 2.75) is 13.8 Å². The summed E-state index contributed by atoms with van der Waals surface area (Å²) in [7, 11) is 0. The van der Waals surface area contributed by atoms with Gasteiger partial charge in [-0.05, 0) is 37.6 Å². The van der Waals surface area contributed by atoms with Gasteiger partial charge in [0.2, 0.25) is 0 Å². The molecule has 0 saturated carbocycles. The number of nitrogens with one attached hydrogen (secondary N) is 1. The molecule has 0 atom stereocenters. The van der Waals surface area contributed by atoms with Gasteiger partial charge in [0.25, 0.3) is 0 Å². The van der Waals surface area contributed by atoms with Gasteiger partial charge in [-0.1, -0.05) is 17.7 Å². The quantitative estimate of drug-likeness (QED) is 0.841. The third-order valence-corrected chi connectivity index (χ3v) is 2.90. The first-order valence-electron chi connectivity index (χ1n) is 5.80. The molecule has 2 rings (SSSR count). The zero-order valence-corrected chi connectivity index (χ0v) is 10.6. The molecule has 0 aromatic heterocycles.